The zero-order valence-electron chi connectivity index (χ0n) is 7.64. The molecule has 0 N–H and O–H groups in total. The Kier molecular flexibility index (Phi) is 1.06. The molecule has 0 aliphatic heterocycles. The van der Waals surface area contributed by atoms with E-state index in [4.69, 9.17) is 46.4 Å². The Morgan fingerprint density at radius 2 is 1.06 bits per heavy atom. The second-order valence-electron chi connectivity index (χ2n) is 5.58. The summed E-state index contributed by atoms with van der Waals surface area (Å²) in [7, 11) is 0. The molecule has 0 aromatic rings. The van der Waals surface area contributed by atoms with Gasteiger partial charge in [-0.25, -0.2) is 0 Å². The van der Waals surface area contributed by atoms with E-state index >= 15 is 0 Å². The first-order valence-electron chi connectivity index (χ1n) is 5.15. The van der Waals surface area contributed by atoms with Crippen LogP contribution >= 0.6 is 46.4 Å². The van der Waals surface area contributed by atoms with Crippen molar-refractivity contribution in [1.82, 2.24) is 0 Å². The lowest BCUT2D eigenvalue weighted by molar-refractivity contribution is -0.128. The van der Waals surface area contributed by atoms with Crippen LogP contribution in [0.25, 0.3) is 0 Å². The molecule has 0 aromatic heterocycles. The largest absolute Gasteiger partial charge is 0.297 e. The van der Waals surface area contributed by atoms with Crippen molar-refractivity contribution in [2.45, 2.75) is 19.5 Å². The van der Waals surface area contributed by atoms with Gasteiger partial charge in [-0.1, -0.05) is 0 Å². The quantitative estimate of drug-likeness (QED) is 0.636. The fourth-order valence-electron chi connectivity index (χ4n) is 5.46. The summed E-state index contributed by atoms with van der Waals surface area (Å²) in [6.45, 7) is 0. The summed E-state index contributed by atoms with van der Waals surface area (Å²) >= 11 is 25.7. The fraction of sp³-hybridized carbons (Fsp3) is 0.800. The Morgan fingerprint density at radius 3 is 1.38 bits per heavy atom. The zero-order chi connectivity index (χ0) is 11.5. The summed E-state index contributed by atoms with van der Waals surface area (Å²) in [5.74, 6) is -1.65. The molecule has 6 aliphatic carbocycles. The van der Waals surface area contributed by atoms with E-state index in [-0.39, 0.29) is 35.2 Å². The van der Waals surface area contributed by atoms with Crippen LogP contribution in [0.4, 0.5) is 0 Å². The van der Waals surface area contributed by atoms with Gasteiger partial charge in [-0.2, -0.15) is 0 Å². The maximum Gasteiger partial charge on any atom is 0.160 e. The van der Waals surface area contributed by atoms with E-state index in [1.165, 1.54) is 0 Å². The molecule has 6 aliphatic rings. The van der Waals surface area contributed by atoms with Crippen molar-refractivity contribution in [2.75, 3.05) is 0 Å². The van der Waals surface area contributed by atoms with Crippen LogP contribution < -0.4 is 0 Å². The molecule has 4 bridgehead atoms. The molecule has 0 heterocycles. The van der Waals surface area contributed by atoms with Gasteiger partial charge in [0.05, 0.1) is 9.75 Å². The molecule has 6 saturated carbocycles. The van der Waals surface area contributed by atoms with Gasteiger partial charge in [0.2, 0.25) is 0 Å². The highest BCUT2D eigenvalue weighted by atomic mass is 35.5. The maximum absolute atomic E-state index is 12.2. The minimum Gasteiger partial charge on any atom is -0.297 e. The molecule has 6 fully saturated rings. The maximum atomic E-state index is 12.2. The number of hydrogen-bond acceptors (Lipinski definition) is 2. The second-order valence-corrected chi connectivity index (χ2v) is 7.97. The van der Waals surface area contributed by atoms with Crippen molar-refractivity contribution in [3.8, 4) is 0 Å². The Hall–Kier alpha value is 0.500. The second kappa shape index (κ2) is 1.80. The number of halogens is 4. The third-order valence-corrected chi connectivity index (χ3v) is 9.12. The van der Waals surface area contributed by atoms with Crippen LogP contribution in [0.15, 0.2) is 0 Å². The van der Waals surface area contributed by atoms with E-state index in [0.29, 0.717) is 0 Å². The van der Waals surface area contributed by atoms with Crippen molar-refractivity contribution in [1.29, 1.82) is 0 Å². The summed E-state index contributed by atoms with van der Waals surface area (Å²) in [6, 6.07) is 0. The fourth-order valence-corrected chi connectivity index (χ4v) is 8.61. The van der Waals surface area contributed by atoms with Crippen LogP contribution in [0.5, 0.6) is 0 Å². The van der Waals surface area contributed by atoms with Crippen molar-refractivity contribution in [3.05, 3.63) is 0 Å². The third kappa shape index (κ3) is 0.379. The Labute approximate surface area is 111 Å². The molecule has 16 heavy (non-hydrogen) atoms. The molecule has 0 aromatic carbocycles. The molecular formula is C10H4Cl4O2. The predicted molar refractivity (Wildman–Crippen MR) is 58.3 cm³/mol. The average Bonchev–Trinajstić information content (AvgIpc) is 2.67. The number of hydrogen-bond donors (Lipinski definition) is 0. The summed E-state index contributed by atoms with van der Waals surface area (Å²) < 4.78 is 0. The van der Waals surface area contributed by atoms with Crippen LogP contribution in [-0.2, 0) is 9.59 Å². The van der Waals surface area contributed by atoms with Gasteiger partial charge in [0, 0.05) is 23.7 Å². The lowest BCUT2D eigenvalue weighted by Gasteiger charge is -2.77. The smallest absolute Gasteiger partial charge is 0.160 e. The number of ketones is 2. The van der Waals surface area contributed by atoms with Gasteiger partial charge in [0.15, 0.2) is 11.6 Å². The van der Waals surface area contributed by atoms with Crippen molar-refractivity contribution in [3.63, 3.8) is 0 Å². The summed E-state index contributed by atoms with van der Waals surface area (Å²) in [5, 5.41) is 0. The number of carbonyl (C=O) groups is 2. The number of rotatable bonds is 0. The van der Waals surface area contributed by atoms with Crippen LogP contribution in [0, 0.1) is 23.7 Å². The SMILES string of the molecule is O=C1[C@H]2[C@@H]3C(=O)[C@]4(Cl)[C@H]2[C@@]2(Cl)[C@@]4(Cl)[C@@H]3[C@@]12Cl. The lowest BCUT2D eigenvalue weighted by atomic mass is 9.38. The van der Waals surface area contributed by atoms with Crippen LogP contribution in [0.1, 0.15) is 0 Å². The van der Waals surface area contributed by atoms with E-state index in [0.717, 1.165) is 0 Å². The highest BCUT2D eigenvalue weighted by Crippen LogP contribution is 2.98. The normalized spacial score (nSPS) is 80.5. The summed E-state index contributed by atoms with van der Waals surface area (Å²) in [6.07, 6.45) is 0. The first-order valence-corrected chi connectivity index (χ1v) is 6.66. The first-order chi connectivity index (χ1) is 7.30. The Balaban J connectivity index is 1.97. The number of Topliss-reactive ketones (excluding diaryl/α,β-unsaturated/α-hetero) is 2. The monoisotopic (exact) mass is 296 g/mol. The predicted octanol–water partition coefficient (Wildman–Crippen LogP) is 1.57. The molecule has 0 saturated heterocycles. The molecule has 0 unspecified atom stereocenters. The minimum absolute atomic E-state index is 0.103. The lowest BCUT2D eigenvalue weighted by Crippen LogP contribution is -2.94. The highest BCUT2D eigenvalue weighted by molar-refractivity contribution is 6.63. The van der Waals surface area contributed by atoms with Crippen LogP contribution in [-0.4, -0.2) is 31.1 Å². The molecule has 8 atom stereocenters. The van der Waals surface area contributed by atoms with E-state index < -0.39 is 19.5 Å². The van der Waals surface area contributed by atoms with Gasteiger partial charge in [-0.15, -0.1) is 46.4 Å². The van der Waals surface area contributed by atoms with Gasteiger partial charge in [0.1, 0.15) is 9.75 Å². The third-order valence-electron chi connectivity index (χ3n) is 5.73. The molecule has 6 heteroatoms. The van der Waals surface area contributed by atoms with Gasteiger partial charge < -0.3 is 0 Å². The number of alkyl halides is 4. The topological polar surface area (TPSA) is 34.1 Å². The van der Waals surface area contributed by atoms with Crippen molar-refractivity contribution < 1.29 is 9.59 Å². The van der Waals surface area contributed by atoms with E-state index in [9.17, 15) is 9.59 Å². The summed E-state index contributed by atoms with van der Waals surface area (Å²) in [4.78, 5) is 20.1. The van der Waals surface area contributed by atoms with Gasteiger partial charge >= 0.3 is 0 Å². The van der Waals surface area contributed by atoms with Gasteiger partial charge in [0.25, 0.3) is 0 Å². The van der Waals surface area contributed by atoms with E-state index in [1.54, 1.807) is 0 Å². The molecular weight excluding hydrogens is 294 g/mol. The molecule has 84 valence electrons. The summed E-state index contributed by atoms with van der Waals surface area (Å²) in [5.41, 5.74) is 0. The number of carbonyl (C=O) groups excluding carboxylic acids is 2. The highest BCUT2D eigenvalue weighted by Gasteiger charge is 3.13. The average molecular weight is 298 g/mol. The molecule has 6 rings (SSSR count). The first kappa shape index (κ1) is 9.43. The molecule has 0 spiro atoms. The Bertz CT molecular complexity index is 501. The van der Waals surface area contributed by atoms with Crippen LogP contribution in [0.3, 0.4) is 0 Å². The minimum atomic E-state index is -1.12. The van der Waals surface area contributed by atoms with E-state index in [1.807, 2.05) is 0 Å². The molecule has 2 nitrogen and oxygen atoms in total. The van der Waals surface area contributed by atoms with Crippen LogP contribution in [0.2, 0.25) is 0 Å². The van der Waals surface area contributed by atoms with Gasteiger partial charge in [-0.05, 0) is 0 Å². The molecule has 0 radical (unpaired) electrons. The standard InChI is InChI=1S/C10H4Cl4O2/c11-7-3-1-2(6(7)16)4-8(12,5(1)15)9(3,13)10(4,7)14/h1-4H/t1-,2-,3-,4-,7+,8+,9-,10+/m0/s1. The van der Waals surface area contributed by atoms with Crippen molar-refractivity contribution >= 4 is 58.0 Å². The molecule has 0 amide bonds. The van der Waals surface area contributed by atoms with Crippen molar-refractivity contribution in [2.24, 2.45) is 23.7 Å². The van der Waals surface area contributed by atoms with E-state index in [2.05, 4.69) is 0 Å². The Morgan fingerprint density at radius 1 is 0.750 bits per heavy atom. The zero-order valence-corrected chi connectivity index (χ0v) is 10.7. The van der Waals surface area contributed by atoms with Gasteiger partial charge in [-0.3, -0.25) is 9.59 Å².